The molecule has 1 rings (SSSR count). The van der Waals surface area contributed by atoms with Crippen molar-refractivity contribution < 1.29 is 14.3 Å². The van der Waals surface area contributed by atoms with Crippen molar-refractivity contribution in [2.45, 2.75) is 26.2 Å². The SMILES string of the molecule is COC(=O)[C@@H](C)CC1=CC(=O)CC1. The molecule has 72 valence electrons. The summed E-state index contributed by atoms with van der Waals surface area (Å²) < 4.78 is 4.60. The number of methoxy groups -OCH3 is 1. The molecule has 0 saturated heterocycles. The second-order valence-corrected chi connectivity index (χ2v) is 3.40. The van der Waals surface area contributed by atoms with E-state index in [4.69, 9.17) is 0 Å². The third-order valence-electron chi connectivity index (χ3n) is 2.23. The van der Waals surface area contributed by atoms with Crippen molar-refractivity contribution >= 4 is 11.8 Å². The van der Waals surface area contributed by atoms with Crippen molar-refractivity contribution in [2.75, 3.05) is 7.11 Å². The van der Waals surface area contributed by atoms with Gasteiger partial charge in [-0.15, -0.1) is 0 Å². The van der Waals surface area contributed by atoms with Crippen LogP contribution in [0, 0.1) is 5.92 Å². The Hall–Kier alpha value is -1.12. The molecule has 1 aliphatic carbocycles. The highest BCUT2D eigenvalue weighted by molar-refractivity contribution is 5.93. The van der Waals surface area contributed by atoms with E-state index in [0.717, 1.165) is 12.0 Å². The van der Waals surface area contributed by atoms with E-state index in [2.05, 4.69) is 4.74 Å². The second-order valence-electron chi connectivity index (χ2n) is 3.40. The lowest BCUT2D eigenvalue weighted by Gasteiger charge is -2.08. The Morgan fingerprint density at radius 1 is 1.62 bits per heavy atom. The summed E-state index contributed by atoms with van der Waals surface area (Å²) in [4.78, 5) is 21.9. The fourth-order valence-electron chi connectivity index (χ4n) is 1.49. The van der Waals surface area contributed by atoms with Gasteiger partial charge in [0.25, 0.3) is 0 Å². The van der Waals surface area contributed by atoms with Crippen molar-refractivity contribution in [3.8, 4) is 0 Å². The molecule has 0 aliphatic heterocycles. The Bertz CT molecular complexity index is 253. The van der Waals surface area contributed by atoms with Gasteiger partial charge < -0.3 is 4.74 Å². The van der Waals surface area contributed by atoms with Crippen molar-refractivity contribution in [2.24, 2.45) is 5.92 Å². The van der Waals surface area contributed by atoms with Crippen LogP contribution in [0.1, 0.15) is 26.2 Å². The topological polar surface area (TPSA) is 43.4 Å². The number of ketones is 1. The summed E-state index contributed by atoms with van der Waals surface area (Å²) in [7, 11) is 1.38. The first-order valence-electron chi connectivity index (χ1n) is 4.43. The standard InChI is InChI=1S/C10H14O3/c1-7(10(12)13-2)5-8-3-4-9(11)6-8/h6-7H,3-5H2,1-2H3/t7-/m0/s1. The molecule has 0 aromatic carbocycles. The fourth-order valence-corrected chi connectivity index (χ4v) is 1.49. The molecule has 0 fully saturated rings. The number of hydrogen-bond donors (Lipinski definition) is 0. The van der Waals surface area contributed by atoms with Crippen LogP contribution >= 0.6 is 0 Å². The monoisotopic (exact) mass is 182 g/mol. The minimum Gasteiger partial charge on any atom is -0.469 e. The lowest BCUT2D eigenvalue weighted by Crippen LogP contribution is -2.12. The van der Waals surface area contributed by atoms with E-state index in [9.17, 15) is 9.59 Å². The van der Waals surface area contributed by atoms with Gasteiger partial charge in [0.15, 0.2) is 5.78 Å². The van der Waals surface area contributed by atoms with Crippen LogP contribution in [0.15, 0.2) is 11.6 Å². The summed E-state index contributed by atoms with van der Waals surface area (Å²) in [5, 5.41) is 0. The molecule has 13 heavy (non-hydrogen) atoms. The molecule has 0 unspecified atom stereocenters. The van der Waals surface area contributed by atoms with Crippen LogP contribution in [0.3, 0.4) is 0 Å². The molecule has 0 N–H and O–H groups in total. The first-order chi connectivity index (χ1) is 6.13. The summed E-state index contributed by atoms with van der Waals surface area (Å²) >= 11 is 0. The summed E-state index contributed by atoms with van der Waals surface area (Å²) in [6, 6.07) is 0. The lowest BCUT2D eigenvalue weighted by atomic mass is 10.0. The highest BCUT2D eigenvalue weighted by Crippen LogP contribution is 2.22. The van der Waals surface area contributed by atoms with Crippen molar-refractivity contribution in [1.82, 2.24) is 0 Å². The predicted octanol–water partition coefficient (Wildman–Crippen LogP) is 1.47. The summed E-state index contributed by atoms with van der Waals surface area (Å²) in [6.45, 7) is 1.81. The Balaban J connectivity index is 2.45. The van der Waals surface area contributed by atoms with Gasteiger partial charge in [-0.1, -0.05) is 12.5 Å². The summed E-state index contributed by atoms with van der Waals surface area (Å²) in [5.41, 5.74) is 1.07. The molecular formula is C10H14O3. The van der Waals surface area contributed by atoms with Crippen molar-refractivity contribution in [1.29, 1.82) is 0 Å². The molecule has 0 bridgehead atoms. The van der Waals surface area contributed by atoms with Gasteiger partial charge in [-0.2, -0.15) is 0 Å². The lowest BCUT2D eigenvalue weighted by molar-refractivity contribution is -0.144. The van der Waals surface area contributed by atoms with E-state index in [-0.39, 0.29) is 17.7 Å². The Morgan fingerprint density at radius 3 is 2.77 bits per heavy atom. The molecule has 0 aromatic rings. The first kappa shape index (κ1) is 9.96. The maximum atomic E-state index is 11.0. The second kappa shape index (κ2) is 4.21. The smallest absolute Gasteiger partial charge is 0.308 e. The largest absolute Gasteiger partial charge is 0.469 e. The third-order valence-corrected chi connectivity index (χ3v) is 2.23. The first-order valence-corrected chi connectivity index (χ1v) is 4.43. The number of esters is 1. The maximum Gasteiger partial charge on any atom is 0.308 e. The van der Waals surface area contributed by atoms with E-state index in [1.807, 2.05) is 6.92 Å². The minimum atomic E-state index is -0.208. The quantitative estimate of drug-likeness (QED) is 0.621. The van der Waals surface area contributed by atoms with Crippen molar-refractivity contribution in [3.05, 3.63) is 11.6 Å². The molecule has 1 atom stereocenters. The molecule has 0 radical (unpaired) electrons. The van der Waals surface area contributed by atoms with Crippen molar-refractivity contribution in [3.63, 3.8) is 0 Å². The van der Waals surface area contributed by atoms with Gasteiger partial charge in [0, 0.05) is 6.42 Å². The molecule has 3 nitrogen and oxygen atoms in total. The number of hydrogen-bond acceptors (Lipinski definition) is 3. The van der Waals surface area contributed by atoms with E-state index in [1.165, 1.54) is 7.11 Å². The van der Waals surface area contributed by atoms with Crippen LogP contribution in [-0.2, 0) is 14.3 Å². The number of carbonyl (C=O) groups excluding carboxylic acids is 2. The van der Waals surface area contributed by atoms with E-state index >= 15 is 0 Å². The zero-order valence-electron chi connectivity index (χ0n) is 8.00. The Morgan fingerprint density at radius 2 is 2.31 bits per heavy atom. The van der Waals surface area contributed by atoms with E-state index in [1.54, 1.807) is 6.08 Å². The average molecular weight is 182 g/mol. The Kier molecular flexibility index (Phi) is 3.23. The molecule has 0 aromatic heterocycles. The summed E-state index contributed by atoms with van der Waals surface area (Å²) in [6.07, 6.45) is 3.71. The Labute approximate surface area is 77.8 Å². The predicted molar refractivity (Wildman–Crippen MR) is 48.1 cm³/mol. The van der Waals surface area contributed by atoms with E-state index < -0.39 is 0 Å². The summed E-state index contributed by atoms with van der Waals surface area (Å²) in [5.74, 6) is -0.172. The number of ether oxygens (including phenoxy) is 1. The van der Waals surface area contributed by atoms with Crippen LogP contribution in [0.5, 0.6) is 0 Å². The number of rotatable bonds is 3. The van der Waals surface area contributed by atoms with Gasteiger partial charge >= 0.3 is 5.97 Å². The normalized spacial score (nSPS) is 18.3. The van der Waals surface area contributed by atoms with Gasteiger partial charge in [0.1, 0.15) is 0 Å². The van der Waals surface area contributed by atoms with Crippen LogP contribution in [-0.4, -0.2) is 18.9 Å². The van der Waals surface area contributed by atoms with Gasteiger partial charge in [0.05, 0.1) is 13.0 Å². The van der Waals surface area contributed by atoms with Crippen LogP contribution in [0.2, 0.25) is 0 Å². The fraction of sp³-hybridized carbons (Fsp3) is 0.600. The highest BCUT2D eigenvalue weighted by atomic mass is 16.5. The maximum absolute atomic E-state index is 11.0. The highest BCUT2D eigenvalue weighted by Gasteiger charge is 2.18. The third kappa shape index (κ3) is 2.68. The molecular weight excluding hydrogens is 168 g/mol. The van der Waals surface area contributed by atoms with Gasteiger partial charge in [-0.3, -0.25) is 9.59 Å². The molecule has 1 aliphatic rings. The zero-order valence-corrected chi connectivity index (χ0v) is 8.00. The number of carbonyl (C=O) groups is 2. The van der Waals surface area contributed by atoms with Crippen LogP contribution in [0.25, 0.3) is 0 Å². The molecule has 0 heterocycles. The molecule has 3 heteroatoms. The molecule has 0 spiro atoms. The number of allylic oxidation sites excluding steroid dienone is 2. The minimum absolute atomic E-state index is 0.137. The zero-order chi connectivity index (χ0) is 9.84. The average Bonchev–Trinajstić information content (AvgIpc) is 2.49. The van der Waals surface area contributed by atoms with Gasteiger partial charge in [-0.05, 0) is 18.9 Å². The van der Waals surface area contributed by atoms with Crippen LogP contribution < -0.4 is 0 Å². The van der Waals surface area contributed by atoms with Crippen LogP contribution in [0.4, 0.5) is 0 Å². The molecule has 0 amide bonds. The molecule has 0 saturated carbocycles. The van der Waals surface area contributed by atoms with Gasteiger partial charge in [0.2, 0.25) is 0 Å². The van der Waals surface area contributed by atoms with Gasteiger partial charge in [-0.25, -0.2) is 0 Å². The van der Waals surface area contributed by atoms with E-state index in [0.29, 0.717) is 12.8 Å².